The molecule has 5 heteroatoms. The van der Waals surface area contributed by atoms with E-state index in [1.807, 2.05) is 6.20 Å². The van der Waals surface area contributed by atoms with E-state index in [2.05, 4.69) is 14.9 Å². The number of anilines is 1. The quantitative estimate of drug-likeness (QED) is 0.902. The molecule has 0 saturated heterocycles. The topological polar surface area (TPSA) is 29.9 Å². The van der Waals surface area contributed by atoms with Crippen LogP contribution in [0.5, 0.6) is 0 Å². The molecule has 1 fully saturated rings. The number of benzene rings is 1. The van der Waals surface area contributed by atoms with Crippen LogP contribution in [-0.2, 0) is 6.54 Å². The fourth-order valence-electron chi connectivity index (χ4n) is 1.93. The summed E-state index contributed by atoms with van der Waals surface area (Å²) in [6.07, 6.45) is 6.03. The number of halogens is 2. The second-order valence-electron chi connectivity index (χ2n) is 4.49. The zero-order chi connectivity index (χ0) is 12.5. The monoisotopic (exact) mass is 249 g/mol. The predicted octanol–water partition coefficient (Wildman–Crippen LogP) is 3.11. The second kappa shape index (κ2) is 4.40. The van der Waals surface area contributed by atoms with Gasteiger partial charge in [-0.25, -0.2) is 13.8 Å². The minimum absolute atomic E-state index is 0.431. The van der Waals surface area contributed by atoms with E-state index in [0.29, 0.717) is 18.2 Å². The highest BCUT2D eigenvalue weighted by Gasteiger charge is 2.25. The van der Waals surface area contributed by atoms with Crippen LogP contribution < -0.4 is 5.32 Å². The highest BCUT2D eigenvalue weighted by molar-refractivity contribution is 5.30. The number of hydrogen-bond acceptors (Lipinski definition) is 2. The first kappa shape index (κ1) is 11.2. The summed E-state index contributed by atoms with van der Waals surface area (Å²) in [5.41, 5.74) is 0.694. The van der Waals surface area contributed by atoms with Gasteiger partial charge in [0.2, 0.25) is 5.95 Å². The number of aromatic nitrogens is 2. The Morgan fingerprint density at radius 2 is 2.11 bits per heavy atom. The molecule has 1 aromatic heterocycles. The van der Waals surface area contributed by atoms with Crippen LogP contribution >= 0.6 is 0 Å². The summed E-state index contributed by atoms with van der Waals surface area (Å²) in [4.78, 5) is 4.22. The lowest BCUT2D eigenvalue weighted by Gasteiger charge is -2.09. The van der Waals surface area contributed by atoms with Gasteiger partial charge in [0.1, 0.15) is 0 Å². The van der Waals surface area contributed by atoms with E-state index >= 15 is 0 Å². The molecule has 94 valence electrons. The van der Waals surface area contributed by atoms with E-state index in [-0.39, 0.29) is 0 Å². The van der Waals surface area contributed by atoms with Crippen LogP contribution in [-0.4, -0.2) is 9.55 Å². The van der Waals surface area contributed by atoms with Crippen LogP contribution in [0.1, 0.15) is 24.4 Å². The molecule has 0 unspecified atom stereocenters. The smallest absolute Gasteiger partial charge is 0.203 e. The van der Waals surface area contributed by atoms with Crippen molar-refractivity contribution in [1.29, 1.82) is 0 Å². The Morgan fingerprint density at radius 1 is 1.28 bits per heavy atom. The molecule has 0 aliphatic heterocycles. The lowest BCUT2D eigenvalue weighted by molar-refractivity contribution is 0.507. The van der Waals surface area contributed by atoms with Crippen molar-refractivity contribution in [3.63, 3.8) is 0 Å². The molecular formula is C13H13F2N3. The van der Waals surface area contributed by atoms with Gasteiger partial charge < -0.3 is 9.88 Å². The molecule has 3 nitrogen and oxygen atoms in total. The maximum absolute atomic E-state index is 13.0. The van der Waals surface area contributed by atoms with Crippen LogP contribution in [0.2, 0.25) is 0 Å². The fourth-order valence-corrected chi connectivity index (χ4v) is 1.93. The van der Waals surface area contributed by atoms with Gasteiger partial charge in [-0.2, -0.15) is 0 Å². The Balaban J connectivity index is 1.69. The molecule has 0 amide bonds. The van der Waals surface area contributed by atoms with Crippen molar-refractivity contribution in [3.8, 4) is 0 Å². The average molecular weight is 249 g/mol. The fraction of sp³-hybridized carbons (Fsp3) is 0.308. The van der Waals surface area contributed by atoms with Gasteiger partial charge in [-0.15, -0.1) is 0 Å². The molecule has 1 aliphatic carbocycles. The molecule has 3 rings (SSSR count). The van der Waals surface area contributed by atoms with Gasteiger partial charge in [0, 0.05) is 25.0 Å². The third kappa shape index (κ3) is 2.20. The summed E-state index contributed by atoms with van der Waals surface area (Å²) >= 11 is 0. The minimum Gasteiger partial charge on any atom is -0.352 e. The molecule has 0 atom stereocenters. The Morgan fingerprint density at radius 3 is 2.83 bits per heavy atom. The van der Waals surface area contributed by atoms with Gasteiger partial charge in [0.15, 0.2) is 11.6 Å². The van der Waals surface area contributed by atoms with Crippen LogP contribution in [0.15, 0.2) is 30.6 Å². The zero-order valence-electron chi connectivity index (χ0n) is 9.74. The maximum atomic E-state index is 13.0. The Labute approximate surface area is 103 Å². The van der Waals surface area contributed by atoms with Crippen LogP contribution in [0.3, 0.4) is 0 Å². The van der Waals surface area contributed by atoms with Gasteiger partial charge in [-0.1, -0.05) is 6.07 Å². The van der Waals surface area contributed by atoms with Crippen LogP contribution in [0.4, 0.5) is 14.7 Å². The maximum Gasteiger partial charge on any atom is 0.203 e. The average Bonchev–Trinajstić information content (AvgIpc) is 3.10. The highest BCUT2D eigenvalue weighted by Crippen LogP contribution is 2.36. The summed E-state index contributed by atoms with van der Waals surface area (Å²) in [5, 5.41) is 3.14. The van der Waals surface area contributed by atoms with E-state index in [9.17, 15) is 8.78 Å². The minimum atomic E-state index is -0.821. The summed E-state index contributed by atoms with van der Waals surface area (Å²) in [6, 6.07) is 4.45. The molecule has 0 radical (unpaired) electrons. The van der Waals surface area contributed by atoms with Gasteiger partial charge in [0.25, 0.3) is 0 Å². The number of nitrogens with zero attached hydrogens (tertiary/aromatic N) is 2. The molecule has 1 N–H and O–H groups in total. The van der Waals surface area contributed by atoms with Crippen molar-refractivity contribution < 1.29 is 8.78 Å². The third-order valence-corrected chi connectivity index (χ3v) is 3.04. The van der Waals surface area contributed by atoms with Gasteiger partial charge in [-0.3, -0.25) is 0 Å². The van der Waals surface area contributed by atoms with Crippen LogP contribution in [0, 0.1) is 11.6 Å². The van der Waals surface area contributed by atoms with Crippen molar-refractivity contribution in [2.75, 3.05) is 5.32 Å². The van der Waals surface area contributed by atoms with Crippen molar-refractivity contribution in [2.24, 2.45) is 0 Å². The first-order chi connectivity index (χ1) is 8.74. The Kier molecular flexibility index (Phi) is 2.74. The predicted molar refractivity (Wildman–Crippen MR) is 64.2 cm³/mol. The van der Waals surface area contributed by atoms with E-state index < -0.39 is 11.6 Å². The summed E-state index contributed by atoms with van der Waals surface area (Å²) in [6.45, 7) is 0.431. The third-order valence-electron chi connectivity index (χ3n) is 3.04. The van der Waals surface area contributed by atoms with Crippen LogP contribution in [0.25, 0.3) is 0 Å². The first-order valence-corrected chi connectivity index (χ1v) is 5.94. The molecule has 1 aromatic carbocycles. The van der Waals surface area contributed by atoms with Crippen molar-refractivity contribution >= 4 is 5.95 Å². The summed E-state index contributed by atoms with van der Waals surface area (Å²) < 4.78 is 27.9. The number of imidazole rings is 1. The van der Waals surface area contributed by atoms with Gasteiger partial charge >= 0.3 is 0 Å². The van der Waals surface area contributed by atoms with E-state index in [1.54, 1.807) is 12.3 Å². The van der Waals surface area contributed by atoms with Gasteiger partial charge in [-0.05, 0) is 30.5 Å². The van der Waals surface area contributed by atoms with E-state index in [1.165, 1.54) is 18.9 Å². The molecule has 1 aliphatic rings. The van der Waals surface area contributed by atoms with Crippen molar-refractivity contribution in [3.05, 3.63) is 47.8 Å². The van der Waals surface area contributed by atoms with E-state index in [0.717, 1.165) is 12.0 Å². The Bertz CT molecular complexity index is 561. The molecule has 1 saturated carbocycles. The molecule has 2 aromatic rings. The van der Waals surface area contributed by atoms with Gasteiger partial charge in [0.05, 0.1) is 0 Å². The second-order valence-corrected chi connectivity index (χ2v) is 4.49. The number of nitrogens with one attached hydrogen (secondary N) is 1. The molecule has 0 bridgehead atoms. The van der Waals surface area contributed by atoms with E-state index in [4.69, 9.17) is 0 Å². The summed E-state index contributed by atoms with van der Waals surface area (Å²) in [5.74, 6) is -0.861. The normalized spacial score (nSPS) is 14.8. The SMILES string of the molecule is Fc1ccc(CNc2nccn2C2CC2)cc1F. The lowest BCUT2D eigenvalue weighted by atomic mass is 10.2. The largest absolute Gasteiger partial charge is 0.352 e. The molecule has 1 heterocycles. The zero-order valence-corrected chi connectivity index (χ0v) is 9.74. The first-order valence-electron chi connectivity index (χ1n) is 5.94. The Hall–Kier alpha value is -1.91. The lowest BCUT2D eigenvalue weighted by Crippen LogP contribution is -2.06. The molecule has 0 spiro atoms. The highest BCUT2D eigenvalue weighted by atomic mass is 19.2. The molecule has 18 heavy (non-hydrogen) atoms. The number of hydrogen-bond donors (Lipinski definition) is 1. The molecular weight excluding hydrogens is 236 g/mol. The standard InChI is InChI=1S/C13H13F2N3/c14-11-4-1-9(7-12(11)15)8-17-13-16-5-6-18(13)10-2-3-10/h1,4-7,10H,2-3,8H2,(H,16,17). The van der Waals surface area contributed by atoms with Crippen molar-refractivity contribution in [1.82, 2.24) is 9.55 Å². The summed E-state index contributed by atoms with van der Waals surface area (Å²) in [7, 11) is 0. The number of rotatable bonds is 4. The van der Waals surface area contributed by atoms with Crippen molar-refractivity contribution in [2.45, 2.75) is 25.4 Å².